The Labute approximate surface area is 125 Å². The first kappa shape index (κ1) is 14.6. The van der Waals surface area contributed by atoms with Gasteiger partial charge >= 0.3 is 0 Å². The number of aliphatic hydroxyl groups excluding tert-OH is 1. The molecule has 2 aromatic rings. The Kier molecular flexibility index (Phi) is 4.02. The van der Waals surface area contributed by atoms with Crippen LogP contribution in [0.1, 0.15) is 23.8 Å². The summed E-state index contributed by atoms with van der Waals surface area (Å²) in [5, 5.41) is 11.8. The van der Waals surface area contributed by atoms with E-state index < -0.39 is 6.10 Å². The second-order valence-electron chi connectivity index (χ2n) is 6.30. The van der Waals surface area contributed by atoms with Gasteiger partial charge in [-0.05, 0) is 58.7 Å². The first-order valence-corrected chi connectivity index (χ1v) is 7.61. The Hall–Kier alpha value is -1.36. The summed E-state index contributed by atoms with van der Waals surface area (Å²) in [5.41, 5.74) is 2.05. The van der Waals surface area contributed by atoms with E-state index in [-0.39, 0.29) is 6.04 Å². The zero-order chi connectivity index (χ0) is 15.0. The fourth-order valence-corrected chi connectivity index (χ4v) is 3.17. The zero-order valence-corrected chi connectivity index (χ0v) is 13.0. The van der Waals surface area contributed by atoms with E-state index in [1.54, 1.807) is 0 Å². The number of aliphatic hydroxyl groups is 1. The highest BCUT2D eigenvalue weighted by atomic mass is 16.4. The van der Waals surface area contributed by atoms with Crippen molar-refractivity contribution in [2.75, 3.05) is 33.7 Å². The number of benzene rings is 1. The van der Waals surface area contributed by atoms with Gasteiger partial charge in [0.25, 0.3) is 0 Å². The van der Waals surface area contributed by atoms with Gasteiger partial charge in [-0.15, -0.1) is 0 Å². The number of aryl methyl sites for hydroxylation is 1. The maximum absolute atomic E-state index is 10.8. The van der Waals surface area contributed by atoms with Crippen LogP contribution in [0.2, 0.25) is 0 Å². The Bertz CT molecular complexity index is 622. The number of furan rings is 1. The minimum atomic E-state index is -0.594. The van der Waals surface area contributed by atoms with Crippen LogP contribution < -0.4 is 0 Å². The Balaban J connectivity index is 1.89. The standard InChI is InChI=1S/C17H24N2O2/c1-12-5-6-15-13(9-12)10-16(21-15)17(20)14-11-18(2)7-4-8-19(14)3/h5-6,9-10,14,17,20H,4,7-8,11H2,1-3H3. The Morgan fingerprint density at radius 2 is 2.05 bits per heavy atom. The van der Waals surface area contributed by atoms with Crippen LogP contribution in [-0.2, 0) is 0 Å². The number of hydrogen-bond acceptors (Lipinski definition) is 4. The summed E-state index contributed by atoms with van der Waals surface area (Å²) in [6, 6.07) is 8.15. The number of nitrogens with zero attached hydrogens (tertiary/aromatic N) is 2. The summed E-state index contributed by atoms with van der Waals surface area (Å²) in [6.07, 6.45) is 0.540. The lowest BCUT2D eigenvalue weighted by Crippen LogP contribution is -2.42. The van der Waals surface area contributed by atoms with E-state index in [4.69, 9.17) is 4.42 Å². The molecule has 1 fully saturated rings. The molecule has 1 aliphatic rings. The molecule has 2 atom stereocenters. The molecule has 0 amide bonds. The smallest absolute Gasteiger partial charge is 0.135 e. The SMILES string of the molecule is Cc1ccc2oc(C(O)C3CN(C)CCCN3C)cc2c1. The molecule has 1 aliphatic heterocycles. The first-order chi connectivity index (χ1) is 10.0. The predicted molar refractivity (Wildman–Crippen MR) is 84.4 cm³/mol. The van der Waals surface area contributed by atoms with Gasteiger partial charge in [-0.1, -0.05) is 11.6 Å². The lowest BCUT2D eigenvalue weighted by Gasteiger charge is -2.30. The van der Waals surface area contributed by atoms with Gasteiger partial charge in [0, 0.05) is 11.9 Å². The maximum Gasteiger partial charge on any atom is 0.135 e. The molecule has 4 nitrogen and oxygen atoms in total. The van der Waals surface area contributed by atoms with Crippen LogP contribution in [0.25, 0.3) is 11.0 Å². The van der Waals surface area contributed by atoms with E-state index >= 15 is 0 Å². The molecule has 1 N–H and O–H groups in total. The van der Waals surface area contributed by atoms with Crippen molar-refractivity contribution in [2.24, 2.45) is 0 Å². The molecule has 2 unspecified atom stereocenters. The van der Waals surface area contributed by atoms with Crippen molar-refractivity contribution in [3.8, 4) is 0 Å². The number of likely N-dealkylation sites (N-methyl/N-ethyl adjacent to an activating group) is 2. The molecule has 1 aromatic carbocycles. The Morgan fingerprint density at radius 3 is 2.86 bits per heavy atom. The molecule has 0 spiro atoms. The molecule has 2 heterocycles. The molecular weight excluding hydrogens is 264 g/mol. The average molecular weight is 288 g/mol. The summed E-state index contributed by atoms with van der Waals surface area (Å²) in [4.78, 5) is 4.52. The third kappa shape index (κ3) is 2.98. The van der Waals surface area contributed by atoms with E-state index in [0.29, 0.717) is 5.76 Å². The molecule has 0 bridgehead atoms. The molecular formula is C17H24N2O2. The minimum absolute atomic E-state index is 0.0687. The number of hydrogen-bond donors (Lipinski definition) is 1. The lowest BCUT2D eigenvalue weighted by molar-refractivity contribution is 0.0432. The van der Waals surface area contributed by atoms with Crippen LogP contribution in [-0.4, -0.2) is 54.7 Å². The van der Waals surface area contributed by atoms with Crippen LogP contribution in [0.15, 0.2) is 28.7 Å². The lowest BCUT2D eigenvalue weighted by atomic mass is 10.1. The maximum atomic E-state index is 10.8. The van der Waals surface area contributed by atoms with E-state index in [2.05, 4.69) is 36.9 Å². The number of rotatable bonds is 2. The normalized spacial score (nSPS) is 23.3. The fourth-order valence-electron chi connectivity index (χ4n) is 3.17. The third-order valence-corrected chi connectivity index (χ3v) is 4.46. The molecule has 1 aromatic heterocycles. The van der Waals surface area contributed by atoms with Crippen LogP contribution in [0.5, 0.6) is 0 Å². The summed E-state index contributed by atoms with van der Waals surface area (Å²) in [6.45, 7) is 5.00. The molecule has 0 saturated carbocycles. The van der Waals surface area contributed by atoms with Gasteiger partial charge in [-0.2, -0.15) is 0 Å². The molecule has 1 saturated heterocycles. The predicted octanol–water partition coefficient (Wildman–Crippen LogP) is 2.41. The molecule has 114 valence electrons. The van der Waals surface area contributed by atoms with Crippen LogP contribution in [0.4, 0.5) is 0 Å². The van der Waals surface area contributed by atoms with Crippen molar-refractivity contribution in [3.63, 3.8) is 0 Å². The van der Waals surface area contributed by atoms with E-state index in [9.17, 15) is 5.11 Å². The summed E-state index contributed by atoms with van der Waals surface area (Å²) >= 11 is 0. The van der Waals surface area contributed by atoms with Gasteiger partial charge in [0.1, 0.15) is 17.4 Å². The van der Waals surface area contributed by atoms with Gasteiger partial charge < -0.3 is 14.4 Å². The van der Waals surface area contributed by atoms with Gasteiger partial charge in [0.15, 0.2) is 0 Å². The van der Waals surface area contributed by atoms with Gasteiger partial charge in [-0.3, -0.25) is 4.90 Å². The number of fused-ring (bicyclic) bond motifs is 1. The Morgan fingerprint density at radius 1 is 1.24 bits per heavy atom. The molecule has 3 rings (SSSR count). The van der Waals surface area contributed by atoms with E-state index in [1.807, 2.05) is 18.2 Å². The highest BCUT2D eigenvalue weighted by Gasteiger charge is 2.30. The van der Waals surface area contributed by atoms with E-state index in [1.165, 1.54) is 5.56 Å². The largest absolute Gasteiger partial charge is 0.458 e. The second kappa shape index (κ2) is 5.79. The quantitative estimate of drug-likeness (QED) is 0.921. The van der Waals surface area contributed by atoms with Gasteiger partial charge in [0.05, 0.1) is 6.04 Å². The first-order valence-electron chi connectivity index (χ1n) is 7.61. The molecule has 0 aliphatic carbocycles. The zero-order valence-electron chi connectivity index (χ0n) is 13.0. The summed E-state index contributed by atoms with van der Waals surface area (Å²) in [5.74, 6) is 0.669. The second-order valence-corrected chi connectivity index (χ2v) is 6.30. The average Bonchev–Trinajstić information content (AvgIpc) is 2.78. The van der Waals surface area contributed by atoms with E-state index in [0.717, 1.165) is 37.0 Å². The van der Waals surface area contributed by atoms with Crippen molar-refractivity contribution in [3.05, 3.63) is 35.6 Å². The fraction of sp³-hybridized carbons (Fsp3) is 0.529. The van der Waals surface area contributed by atoms with Crippen LogP contribution in [0.3, 0.4) is 0 Å². The summed E-state index contributed by atoms with van der Waals surface area (Å²) in [7, 11) is 4.20. The highest BCUT2D eigenvalue weighted by Crippen LogP contribution is 2.29. The van der Waals surface area contributed by atoms with Crippen molar-refractivity contribution < 1.29 is 9.52 Å². The van der Waals surface area contributed by atoms with Crippen LogP contribution >= 0.6 is 0 Å². The molecule has 21 heavy (non-hydrogen) atoms. The monoisotopic (exact) mass is 288 g/mol. The third-order valence-electron chi connectivity index (χ3n) is 4.46. The van der Waals surface area contributed by atoms with Crippen molar-refractivity contribution in [1.29, 1.82) is 0 Å². The van der Waals surface area contributed by atoms with Crippen molar-refractivity contribution in [1.82, 2.24) is 9.80 Å². The molecule has 4 heteroatoms. The summed E-state index contributed by atoms with van der Waals surface area (Å²) < 4.78 is 5.87. The minimum Gasteiger partial charge on any atom is -0.458 e. The van der Waals surface area contributed by atoms with Gasteiger partial charge in [-0.25, -0.2) is 0 Å². The topological polar surface area (TPSA) is 39.9 Å². The highest BCUT2D eigenvalue weighted by molar-refractivity contribution is 5.78. The molecule has 0 radical (unpaired) electrons. The van der Waals surface area contributed by atoms with Crippen molar-refractivity contribution in [2.45, 2.75) is 25.5 Å². The van der Waals surface area contributed by atoms with Gasteiger partial charge in [0.2, 0.25) is 0 Å². The van der Waals surface area contributed by atoms with Crippen LogP contribution in [0, 0.1) is 6.92 Å². The van der Waals surface area contributed by atoms with Crippen molar-refractivity contribution >= 4 is 11.0 Å².